The molecule has 0 spiro atoms. The quantitative estimate of drug-likeness (QED) is 0.603. The molecule has 0 amide bonds. The lowest BCUT2D eigenvalue weighted by Crippen LogP contribution is -2.29. The van der Waals surface area contributed by atoms with Gasteiger partial charge < -0.3 is 9.84 Å². The molecule has 0 aromatic carbocycles. The first kappa shape index (κ1) is 16.4. The molecule has 0 aliphatic carbocycles. The van der Waals surface area contributed by atoms with E-state index in [0.717, 1.165) is 6.04 Å². The van der Waals surface area contributed by atoms with Gasteiger partial charge in [-0.1, -0.05) is 44.5 Å². The van der Waals surface area contributed by atoms with Crippen LogP contribution in [0.4, 0.5) is 4.79 Å². The maximum Gasteiger partial charge on any atom is 0.506 e. The maximum atomic E-state index is 10.5. The average molecular weight is 275 g/mol. The Hall–Kier alpha value is -0.556. The molecule has 0 fully saturated rings. The zero-order valence-electron chi connectivity index (χ0n) is 12.2. The predicted octanol–water partition coefficient (Wildman–Crippen LogP) is 4.21. The highest BCUT2D eigenvalue weighted by molar-refractivity contribution is 6.83. The minimum absolute atomic E-state index is 0.246. The van der Waals surface area contributed by atoms with E-state index in [1.807, 2.05) is 0 Å². The van der Waals surface area contributed by atoms with Crippen molar-refractivity contribution in [1.82, 2.24) is 0 Å². The van der Waals surface area contributed by atoms with Gasteiger partial charge in [-0.25, -0.2) is 4.79 Å². The molecule has 0 saturated carbocycles. The van der Waals surface area contributed by atoms with Crippen molar-refractivity contribution in [2.75, 3.05) is 6.61 Å². The highest BCUT2D eigenvalue weighted by atomic mass is 28.3. The number of carboxylic acid groups (broad SMARTS) is 1. The summed E-state index contributed by atoms with van der Waals surface area (Å²) in [5.74, 6) is 0. The van der Waals surface area contributed by atoms with Crippen molar-refractivity contribution in [3.05, 3.63) is 10.8 Å². The summed E-state index contributed by atoms with van der Waals surface area (Å²) < 4.78 is 4.77. The van der Waals surface area contributed by atoms with Crippen LogP contribution in [0.3, 0.4) is 0 Å². The summed E-state index contributed by atoms with van der Waals surface area (Å²) in [6.45, 7) is 16.1. The molecule has 0 bridgehead atoms. The van der Waals surface area contributed by atoms with Gasteiger partial charge in [-0.2, -0.15) is 0 Å². The normalized spacial score (nSPS) is 14.3. The summed E-state index contributed by atoms with van der Waals surface area (Å²) in [4.78, 5) is 10.5. The van der Waals surface area contributed by atoms with Crippen LogP contribution < -0.4 is 0 Å². The van der Waals surface area contributed by atoms with Crippen molar-refractivity contribution in [2.24, 2.45) is 0 Å². The molecule has 0 rings (SSSR count). The summed E-state index contributed by atoms with van der Waals surface area (Å²) >= 11 is 0. The Morgan fingerprint density at radius 1 is 1.12 bits per heavy atom. The fourth-order valence-corrected chi connectivity index (χ4v) is 4.66. The third kappa shape index (κ3) is 7.38. The zero-order valence-corrected chi connectivity index (χ0v) is 14.2. The fourth-order valence-electron chi connectivity index (χ4n) is 1.61. The predicted molar refractivity (Wildman–Crippen MR) is 78.2 cm³/mol. The molecule has 0 unspecified atom stereocenters. The lowest BCUT2D eigenvalue weighted by atomic mass is 10.3. The maximum absolute atomic E-state index is 10.5. The van der Waals surface area contributed by atoms with Crippen molar-refractivity contribution in [2.45, 2.75) is 52.2 Å². The topological polar surface area (TPSA) is 46.5 Å². The molecule has 100 valence electrons. The molecule has 0 aliphatic heterocycles. The Morgan fingerprint density at radius 3 is 1.88 bits per heavy atom. The van der Waals surface area contributed by atoms with Gasteiger partial charge in [-0.15, -0.1) is 0 Å². The molecule has 17 heavy (non-hydrogen) atoms. The van der Waals surface area contributed by atoms with Crippen molar-refractivity contribution >= 4 is 22.3 Å². The number of rotatable bonds is 5. The van der Waals surface area contributed by atoms with E-state index < -0.39 is 22.3 Å². The number of hydrogen-bond acceptors (Lipinski definition) is 2. The Labute approximate surface area is 107 Å². The van der Waals surface area contributed by atoms with Crippen LogP contribution in [0.1, 0.15) is 6.92 Å². The molecular weight excluding hydrogens is 248 g/mol. The second kappa shape index (κ2) is 5.86. The molecule has 1 N–H and O–H groups in total. The van der Waals surface area contributed by atoms with Crippen LogP contribution in [0.25, 0.3) is 0 Å². The third-order valence-corrected chi connectivity index (χ3v) is 6.86. The van der Waals surface area contributed by atoms with Crippen LogP contribution in [0.2, 0.25) is 45.3 Å². The first-order valence-electron chi connectivity index (χ1n) is 5.98. The highest BCUT2D eigenvalue weighted by Crippen LogP contribution is 2.25. The zero-order chi connectivity index (χ0) is 13.9. The van der Waals surface area contributed by atoms with E-state index in [4.69, 9.17) is 9.84 Å². The molecule has 0 atom stereocenters. The monoisotopic (exact) mass is 274 g/mol. The van der Waals surface area contributed by atoms with Crippen molar-refractivity contribution in [3.63, 3.8) is 0 Å². The van der Waals surface area contributed by atoms with Gasteiger partial charge in [0.1, 0.15) is 6.61 Å². The Bertz CT molecular complexity index is 309. The SMILES string of the molecule is CC(=C(COC(=O)O)C[Si](C)(C)C)[Si](C)(C)C. The van der Waals surface area contributed by atoms with Crippen molar-refractivity contribution < 1.29 is 14.6 Å². The summed E-state index contributed by atoms with van der Waals surface area (Å²) in [7, 11) is -2.61. The molecule has 0 radical (unpaired) electrons. The highest BCUT2D eigenvalue weighted by Gasteiger charge is 2.24. The Balaban J connectivity index is 5.04. The van der Waals surface area contributed by atoms with Crippen LogP contribution in [0.5, 0.6) is 0 Å². The van der Waals surface area contributed by atoms with Crippen LogP contribution in [0.15, 0.2) is 10.8 Å². The summed E-state index contributed by atoms with van der Waals surface area (Å²) in [5.41, 5.74) is 1.21. The third-order valence-electron chi connectivity index (χ3n) is 2.77. The fraction of sp³-hybridized carbons (Fsp3) is 0.750. The second-order valence-corrected chi connectivity index (χ2v) is 17.5. The first-order valence-corrected chi connectivity index (χ1v) is 13.2. The van der Waals surface area contributed by atoms with Gasteiger partial charge in [0.2, 0.25) is 0 Å². The molecule has 5 heteroatoms. The van der Waals surface area contributed by atoms with Crippen LogP contribution in [0, 0.1) is 0 Å². The smallest absolute Gasteiger partial charge is 0.450 e. The molecule has 3 nitrogen and oxygen atoms in total. The summed E-state index contributed by atoms with van der Waals surface area (Å²) in [5, 5.41) is 10.0. The first-order chi connectivity index (χ1) is 7.43. The average Bonchev–Trinajstić information content (AvgIpc) is 2.07. The number of hydrogen-bond donors (Lipinski definition) is 1. The van der Waals surface area contributed by atoms with Gasteiger partial charge >= 0.3 is 6.16 Å². The van der Waals surface area contributed by atoms with Gasteiger partial charge in [-0.05, 0) is 18.5 Å². The largest absolute Gasteiger partial charge is 0.506 e. The van der Waals surface area contributed by atoms with Gasteiger partial charge in [0.15, 0.2) is 0 Å². The van der Waals surface area contributed by atoms with Crippen molar-refractivity contribution in [1.29, 1.82) is 0 Å². The second-order valence-electron chi connectivity index (χ2n) is 6.77. The summed E-state index contributed by atoms with van der Waals surface area (Å²) in [6.07, 6.45) is -1.18. The van der Waals surface area contributed by atoms with E-state index in [1.54, 1.807) is 0 Å². The van der Waals surface area contributed by atoms with E-state index in [0.29, 0.717) is 0 Å². The number of carbonyl (C=O) groups is 1. The standard InChI is InChI=1S/C12H26O3Si2/c1-10(17(5,6)7)11(8-15-12(13)14)9-16(2,3)4/h8-9H2,1-7H3,(H,13,14). The number of ether oxygens (including phenoxy) is 1. The van der Waals surface area contributed by atoms with Gasteiger partial charge in [0.25, 0.3) is 0 Å². The van der Waals surface area contributed by atoms with Crippen LogP contribution in [-0.4, -0.2) is 34.0 Å². The molecule has 0 aliphatic rings. The van der Waals surface area contributed by atoms with E-state index >= 15 is 0 Å². The summed E-state index contributed by atoms with van der Waals surface area (Å²) in [6, 6.07) is 1.02. The minimum Gasteiger partial charge on any atom is -0.450 e. The van der Waals surface area contributed by atoms with Gasteiger partial charge in [0, 0.05) is 8.07 Å². The molecule has 0 aromatic rings. The lowest BCUT2D eigenvalue weighted by Gasteiger charge is -2.26. The lowest BCUT2D eigenvalue weighted by molar-refractivity contribution is 0.0995. The molecule has 0 aromatic heterocycles. The Morgan fingerprint density at radius 2 is 1.59 bits per heavy atom. The molecular formula is C12H26O3Si2. The van der Waals surface area contributed by atoms with E-state index in [1.165, 1.54) is 10.8 Å². The van der Waals surface area contributed by atoms with E-state index in [9.17, 15) is 4.79 Å². The number of allylic oxidation sites excluding steroid dienone is 1. The van der Waals surface area contributed by atoms with Crippen LogP contribution in [-0.2, 0) is 4.74 Å². The minimum atomic E-state index is -1.37. The molecule has 0 heterocycles. The Kier molecular flexibility index (Phi) is 5.67. The van der Waals surface area contributed by atoms with Gasteiger partial charge in [0.05, 0.1) is 8.07 Å². The van der Waals surface area contributed by atoms with E-state index in [-0.39, 0.29) is 6.61 Å². The molecule has 0 saturated heterocycles. The van der Waals surface area contributed by atoms with Crippen molar-refractivity contribution in [3.8, 4) is 0 Å². The van der Waals surface area contributed by atoms with E-state index in [2.05, 4.69) is 46.2 Å². The van der Waals surface area contributed by atoms with Gasteiger partial charge in [-0.3, -0.25) is 0 Å². The van der Waals surface area contributed by atoms with Crippen LogP contribution >= 0.6 is 0 Å².